The number of aliphatic imine (C=N–C) groups is 1. The van der Waals surface area contributed by atoms with Crippen molar-refractivity contribution in [2.75, 3.05) is 13.2 Å². The second kappa shape index (κ2) is 5.70. The van der Waals surface area contributed by atoms with Crippen molar-refractivity contribution in [2.45, 2.75) is 25.8 Å². The molecule has 1 aromatic carbocycles. The van der Waals surface area contributed by atoms with Gasteiger partial charge in [0.2, 0.25) is 0 Å². The normalized spacial score (nSPS) is 17.9. The summed E-state index contributed by atoms with van der Waals surface area (Å²) in [6.45, 7) is 7.93. The molecular formula is C19H21N3O. The molecule has 4 rings (SSSR count). The molecular weight excluding hydrogens is 286 g/mol. The highest BCUT2D eigenvalue weighted by molar-refractivity contribution is 5.93. The first-order valence-corrected chi connectivity index (χ1v) is 8.12. The van der Waals surface area contributed by atoms with E-state index in [0.29, 0.717) is 6.04 Å². The summed E-state index contributed by atoms with van der Waals surface area (Å²) in [5.74, 6) is 1.01. The number of ether oxygens (including phenoxy) is 1. The van der Waals surface area contributed by atoms with Crippen LogP contribution in [0.15, 0.2) is 42.0 Å². The molecule has 3 heterocycles. The molecule has 2 aliphatic rings. The van der Waals surface area contributed by atoms with Crippen LogP contribution in [0.1, 0.15) is 30.0 Å². The molecule has 0 atom stereocenters. The van der Waals surface area contributed by atoms with Gasteiger partial charge in [0.15, 0.2) is 0 Å². The second-order valence-corrected chi connectivity index (χ2v) is 6.24. The lowest BCUT2D eigenvalue weighted by Gasteiger charge is -2.25. The van der Waals surface area contributed by atoms with Crippen molar-refractivity contribution in [1.82, 2.24) is 9.88 Å². The summed E-state index contributed by atoms with van der Waals surface area (Å²) in [6.07, 6.45) is 6.04. The van der Waals surface area contributed by atoms with Gasteiger partial charge in [-0.2, -0.15) is 0 Å². The molecule has 1 N–H and O–H groups in total. The fourth-order valence-corrected chi connectivity index (χ4v) is 3.38. The van der Waals surface area contributed by atoms with Crippen LogP contribution in [0.5, 0.6) is 0 Å². The molecule has 4 heteroatoms. The summed E-state index contributed by atoms with van der Waals surface area (Å²) in [7, 11) is 0. The summed E-state index contributed by atoms with van der Waals surface area (Å²) in [6, 6.07) is 9.08. The van der Waals surface area contributed by atoms with E-state index in [4.69, 9.17) is 4.74 Å². The maximum atomic E-state index is 5.51. The van der Waals surface area contributed by atoms with Crippen LogP contribution in [0, 0.1) is 6.92 Å². The van der Waals surface area contributed by atoms with Gasteiger partial charge in [-0.1, -0.05) is 36.4 Å². The van der Waals surface area contributed by atoms with E-state index in [1.807, 2.05) is 0 Å². The number of aromatic nitrogens is 1. The number of benzene rings is 1. The van der Waals surface area contributed by atoms with E-state index in [1.165, 1.54) is 16.7 Å². The molecule has 4 nitrogen and oxygen atoms in total. The molecule has 1 fully saturated rings. The Labute approximate surface area is 136 Å². The molecule has 0 amide bonds. The van der Waals surface area contributed by atoms with Crippen molar-refractivity contribution in [1.29, 1.82) is 0 Å². The molecule has 1 saturated heterocycles. The zero-order valence-electron chi connectivity index (χ0n) is 13.4. The van der Waals surface area contributed by atoms with E-state index < -0.39 is 0 Å². The van der Waals surface area contributed by atoms with Gasteiger partial charge < -0.3 is 14.6 Å². The van der Waals surface area contributed by atoms with E-state index in [2.05, 4.69) is 58.8 Å². The van der Waals surface area contributed by atoms with Crippen LogP contribution in [0.2, 0.25) is 0 Å². The van der Waals surface area contributed by atoms with Gasteiger partial charge >= 0.3 is 0 Å². The highest BCUT2D eigenvalue weighted by Gasteiger charge is 2.26. The van der Waals surface area contributed by atoms with E-state index >= 15 is 0 Å². The quantitative estimate of drug-likeness (QED) is 0.909. The minimum atomic E-state index is 0.444. The minimum Gasteiger partial charge on any atom is -0.381 e. The lowest BCUT2D eigenvalue weighted by atomic mass is 10.0. The summed E-state index contributed by atoms with van der Waals surface area (Å²) in [5.41, 5.74) is 5.69. The van der Waals surface area contributed by atoms with Crippen LogP contribution in [-0.2, 0) is 4.74 Å². The van der Waals surface area contributed by atoms with E-state index in [1.54, 1.807) is 6.34 Å². The summed E-state index contributed by atoms with van der Waals surface area (Å²) in [5, 5.41) is 3.15. The van der Waals surface area contributed by atoms with Gasteiger partial charge in [0, 0.05) is 42.3 Å². The fourth-order valence-electron chi connectivity index (χ4n) is 3.38. The van der Waals surface area contributed by atoms with E-state index in [-0.39, 0.29) is 0 Å². The smallest absolute Gasteiger partial charge is 0.144 e. The molecule has 118 valence electrons. The summed E-state index contributed by atoms with van der Waals surface area (Å²) in [4.78, 5) is 4.61. The molecule has 23 heavy (non-hydrogen) atoms. The first kappa shape index (κ1) is 14.3. The lowest BCUT2D eigenvalue weighted by molar-refractivity contribution is 0.0701. The molecule has 0 bridgehead atoms. The SMILES string of the molecule is C=C1NC=Nc2c1c(-c1ccc(C)cc1)cn2C1CCOCC1. The number of rotatable bonds is 2. The molecule has 2 aromatic rings. The Bertz CT molecular complexity index is 765. The minimum absolute atomic E-state index is 0.444. The third-order valence-corrected chi connectivity index (χ3v) is 4.68. The highest BCUT2D eigenvalue weighted by atomic mass is 16.5. The Morgan fingerprint density at radius 1 is 1.22 bits per heavy atom. The average Bonchev–Trinajstić information content (AvgIpc) is 2.97. The monoisotopic (exact) mass is 307 g/mol. The van der Waals surface area contributed by atoms with Crippen LogP contribution in [0.25, 0.3) is 16.8 Å². The number of aryl methyl sites for hydroxylation is 1. The van der Waals surface area contributed by atoms with Gasteiger partial charge in [-0.25, -0.2) is 4.99 Å². The highest BCUT2D eigenvalue weighted by Crippen LogP contribution is 2.41. The topological polar surface area (TPSA) is 38.5 Å². The predicted octanol–water partition coefficient (Wildman–Crippen LogP) is 4.05. The van der Waals surface area contributed by atoms with Crippen LogP contribution in [-0.4, -0.2) is 24.1 Å². The molecule has 0 spiro atoms. The van der Waals surface area contributed by atoms with Gasteiger partial charge in [-0.05, 0) is 25.3 Å². The molecule has 0 saturated carbocycles. The van der Waals surface area contributed by atoms with Crippen molar-refractivity contribution in [3.8, 4) is 11.1 Å². The molecule has 0 unspecified atom stereocenters. The zero-order valence-corrected chi connectivity index (χ0v) is 13.4. The number of hydrogen-bond acceptors (Lipinski definition) is 3. The number of fused-ring (bicyclic) bond motifs is 1. The third kappa shape index (κ3) is 2.49. The van der Waals surface area contributed by atoms with Gasteiger partial charge in [-0.15, -0.1) is 0 Å². The third-order valence-electron chi connectivity index (χ3n) is 4.68. The lowest BCUT2D eigenvalue weighted by Crippen LogP contribution is -2.20. The van der Waals surface area contributed by atoms with Crippen LogP contribution in [0.3, 0.4) is 0 Å². The summed E-state index contributed by atoms with van der Waals surface area (Å²) < 4.78 is 7.82. The van der Waals surface area contributed by atoms with Crippen molar-refractivity contribution in [3.63, 3.8) is 0 Å². The Morgan fingerprint density at radius 2 is 1.96 bits per heavy atom. The molecule has 0 aliphatic carbocycles. The van der Waals surface area contributed by atoms with Crippen LogP contribution < -0.4 is 5.32 Å². The maximum Gasteiger partial charge on any atom is 0.144 e. The predicted molar refractivity (Wildman–Crippen MR) is 94.0 cm³/mol. The van der Waals surface area contributed by atoms with Crippen molar-refractivity contribution < 1.29 is 4.74 Å². The van der Waals surface area contributed by atoms with E-state index in [9.17, 15) is 0 Å². The van der Waals surface area contributed by atoms with Gasteiger partial charge in [0.05, 0.1) is 6.34 Å². The molecule has 0 radical (unpaired) electrons. The average molecular weight is 307 g/mol. The van der Waals surface area contributed by atoms with Crippen LogP contribution >= 0.6 is 0 Å². The van der Waals surface area contributed by atoms with Gasteiger partial charge in [0.25, 0.3) is 0 Å². The van der Waals surface area contributed by atoms with Gasteiger partial charge in [-0.3, -0.25) is 0 Å². The zero-order chi connectivity index (χ0) is 15.8. The largest absolute Gasteiger partial charge is 0.381 e. The first-order chi connectivity index (χ1) is 11.2. The summed E-state index contributed by atoms with van der Waals surface area (Å²) >= 11 is 0. The molecule has 2 aliphatic heterocycles. The van der Waals surface area contributed by atoms with Crippen molar-refractivity contribution in [3.05, 3.63) is 48.2 Å². The second-order valence-electron chi connectivity index (χ2n) is 6.24. The number of hydrogen-bond donors (Lipinski definition) is 1. The van der Waals surface area contributed by atoms with Crippen molar-refractivity contribution in [2.24, 2.45) is 4.99 Å². The Morgan fingerprint density at radius 3 is 2.70 bits per heavy atom. The maximum absolute atomic E-state index is 5.51. The Kier molecular flexibility index (Phi) is 3.54. The van der Waals surface area contributed by atoms with E-state index in [0.717, 1.165) is 43.1 Å². The van der Waals surface area contributed by atoms with Crippen LogP contribution in [0.4, 0.5) is 5.82 Å². The fraction of sp³-hybridized carbons (Fsp3) is 0.316. The number of nitrogens with one attached hydrogen (secondary N) is 1. The Balaban J connectivity index is 1.86. The van der Waals surface area contributed by atoms with Gasteiger partial charge in [0.1, 0.15) is 5.82 Å². The first-order valence-electron chi connectivity index (χ1n) is 8.12. The standard InChI is InChI=1S/C19H21N3O/c1-13-3-5-15(6-4-13)17-11-22(16-7-9-23-10-8-16)19-18(17)14(2)20-12-21-19/h3-6,11-12,16H,2,7-10H2,1H3,(H,20,21). The van der Waals surface area contributed by atoms with Crippen molar-refractivity contribution >= 4 is 17.9 Å². The Hall–Kier alpha value is -2.33. The number of nitrogens with zero attached hydrogens (tertiary/aromatic N) is 2. The molecule has 1 aromatic heterocycles.